The fraction of sp³-hybridized carbons (Fsp3) is 0.105. The Balaban J connectivity index is 1.66. The number of hydrogen-bond donors (Lipinski definition) is 2. The molecule has 0 saturated carbocycles. The number of likely N-dealkylation sites (N-methyl/N-ethyl adjacent to an activating group) is 1. The molecular weight excluding hydrogens is 350 g/mol. The quantitative estimate of drug-likeness (QED) is 0.723. The largest absolute Gasteiger partial charge is 0.365 e. The van der Waals surface area contributed by atoms with Crippen molar-refractivity contribution >= 4 is 38.1 Å². The van der Waals surface area contributed by atoms with Gasteiger partial charge in [-0.05, 0) is 47.2 Å². The Morgan fingerprint density at radius 2 is 1.65 bits per heavy atom. The van der Waals surface area contributed by atoms with Crippen molar-refractivity contribution < 1.29 is 13.2 Å². The molecule has 0 heterocycles. The molecule has 0 fully saturated rings. The normalized spacial score (nSPS) is 11.3. The molecule has 0 spiro atoms. The number of carbonyl (C=O) groups excluding carboxylic acids is 1. The minimum absolute atomic E-state index is 0.00350. The van der Waals surface area contributed by atoms with Crippen molar-refractivity contribution in [1.82, 2.24) is 0 Å². The third kappa shape index (κ3) is 4.19. The van der Waals surface area contributed by atoms with E-state index in [-0.39, 0.29) is 17.3 Å². The summed E-state index contributed by atoms with van der Waals surface area (Å²) in [4.78, 5) is 14.1. The van der Waals surface area contributed by atoms with E-state index in [2.05, 4.69) is 5.32 Å². The van der Waals surface area contributed by atoms with Crippen LogP contribution in [0.4, 0.5) is 11.4 Å². The summed E-state index contributed by atoms with van der Waals surface area (Å²) >= 11 is 0. The Bertz CT molecular complexity index is 1050. The van der Waals surface area contributed by atoms with Gasteiger partial charge >= 0.3 is 0 Å². The zero-order valence-corrected chi connectivity index (χ0v) is 15.0. The molecule has 3 rings (SSSR count). The number of sulfonamides is 1. The van der Waals surface area contributed by atoms with E-state index >= 15 is 0 Å². The Morgan fingerprint density at radius 3 is 2.31 bits per heavy atom. The third-order valence-corrected chi connectivity index (χ3v) is 4.95. The lowest BCUT2D eigenvalue weighted by Gasteiger charge is -2.19. The maximum absolute atomic E-state index is 12.2. The van der Waals surface area contributed by atoms with Gasteiger partial charge in [-0.25, -0.2) is 13.6 Å². The molecule has 0 unspecified atom stereocenters. The average Bonchev–Trinajstić information content (AvgIpc) is 2.61. The number of rotatable bonds is 5. The zero-order chi connectivity index (χ0) is 18.7. The van der Waals surface area contributed by atoms with Crippen LogP contribution in [-0.4, -0.2) is 27.9 Å². The molecule has 26 heavy (non-hydrogen) atoms. The number of hydrogen-bond acceptors (Lipinski definition) is 4. The minimum Gasteiger partial charge on any atom is -0.365 e. The Morgan fingerprint density at radius 1 is 1.00 bits per heavy atom. The molecule has 0 aliphatic carbocycles. The van der Waals surface area contributed by atoms with Crippen LogP contribution >= 0.6 is 0 Å². The number of anilines is 2. The molecule has 0 saturated heterocycles. The van der Waals surface area contributed by atoms with Gasteiger partial charge in [0.1, 0.15) is 0 Å². The van der Waals surface area contributed by atoms with Crippen LogP contribution in [0.15, 0.2) is 71.6 Å². The van der Waals surface area contributed by atoms with E-state index in [1.165, 1.54) is 24.3 Å². The molecule has 0 aliphatic heterocycles. The maximum atomic E-state index is 12.2. The molecule has 0 bridgehead atoms. The molecule has 0 aromatic heterocycles. The van der Waals surface area contributed by atoms with E-state index in [9.17, 15) is 13.2 Å². The fourth-order valence-corrected chi connectivity index (χ4v) is 3.16. The Labute approximate surface area is 152 Å². The van der Waals surface area contributed by atoms with Crippen LogP contribution in [-0.2, 0) is 14.8 Å². The first-order valence-electron chi connectivity index (χ1n) is 7.95. The smallest absolute Gasteiger partial charge is 0.243 e. The molecule has 3 N–H and O–H groups in total. The number of carbonyl (C=O) groups is 1. The molecule has 3 aromatic rings. The van der Waals surface area contributed by atoms with Gasteiger partial charge in [-0.3, -0.25) is 4.79 Å². The highest BCUT2D eigenvalue weighted by molar-refractivity contribution is 7.89. The van der Waals surface area contributed by atoms with Crippen LogP contribution < -0.4 is 15.4 Å². The molecule has 6 nitrogen and oxygen atoms in total. The molecule has 0 atom stereocenters. The highest BCUT2D eigenvalue weighted by atomic mass is 32.2. The van der Waals surface area contributed by atoms with Crippen molar-refractivity contribution in [2.75, 3.05) is 23.8 Å². The van der Waals surface area contributed by atoms with E-state index in [1.807, 2.05) is 54.4 Å². The lowest BCUT2D eigenvalue weighted by Crippen LogP contribution is -2.30. The van der Waals surface area contributed by atoms with E-state index in [0.717, 1.165) is 16.5 Å². The number of benzene rings is 3. The van der Waals surface area contributed by atoms with E-state index in [4.69, 9.17) is 5.14 Å². The standard InChI is InChI=1S/C19H19N3O3S/c1-22(17-9-6-14-4-2-3-5-15(14)12-17)13-19(23)21-16-7-10-18(11-8-16)26(20,24)25/h2-12H,13H2,1H3,(H,21,23)(H2,20,24,25). The molecule has 0 aliphatic rings. The number of primary sulfonamides is 1. The van der Waals surface area contributed by atoms with Crippen molar-refractivity contribution in [3.8, 4) is 0 Å². The average molecular weight is 369 g/mol. The molecule has 7 heteroatoms. The second kappa shape index (κ2) is 7.15. The predicted octanol–water partition coefficient (Wildman–Crippen LogP) is 2.56. The van der Waals surface area contributed by atoms with E-state index < -0.39 is 10.0 Å². The number of nitrogens with zero attached hydrogens (tertiary/aromatic N) is 1. The number of nitrogens with two attached hydrogens (primary N) is 1. The van der Waals surface area contributed by atoms with Gasteiger partial charge in [-0.2, -0.15) is 0 Å². The van der Waals surface area contributed by atoms with Gasteiger partial charge in [0.05, 0.1) is 11.4 Å². The maximum Gasteiger partial charge on any atom is 0.243 e. The van der Waals surface area contributed by atoms with Crippen molar-refractivity contribution in [1.29, 1.82) is 0 Å². The van der Waals surface area contributed by atoms with Gasteiger partial charge in [0.15, 0.2) is 0 Å². The van der Waals surface area contributed by atoms with Crippen molar-refractivity contribution in [3.05, 3.63) is 66.7 Å². The zero-order valence-electron chi connectivity index (χ0n) is 14.2. The summed E-state index contributed by atoms with van der Waals surface area (Å²) in [6, 6.07) is 19.8. The lowest BCUT2D eigenvalue weighted by molar-refractivity contribution is -0.114. The second-order valence-corrected chi connectivity index (χ2v) is 7.57. The van der Waals surface area contributed by atoms with E-state index in [1.54, 1.807) is 0 Å². The summed E-state index contributed by atoms with van der Waals surface area (Å²) in [7, 11) is -1.90. The topological polar surface area (TPSA) is 92.5 Å². The highest BCUT2D eigenvalue weighted by Gasteiger charge is 2.10. The molecule has 3 aromatic carbocycles. The highest BCUT2D eigenvalue weighted by Crippen LogP contribution is 2.21. The summed E-state index contributed by atoms with van der Waals surface area (Å²) in [5, 5.41) is 10.0. The van der Waals surface area contributed by atoms with Gasteiger partial charge in [0.25, 0.3) is 0 Å². The first kappa shape index (κ1) is 17.9. The van der Waals surface area contributed by atoms with Crippen LogP contribution in [0.1, 0.15) is 0 Å². The van der Waals surface area contributed by atoms with Crippen LogP contribution in [0.5, 0.6) is 0 Å². The first-order valence-corrected chi connectivity index (χ1v) is 9.50. The van der Waals surface area contributed by atoms with E-state index in [0.29, 0.717) is 5.69 Å². The lowest BCUT2D eigenvalue weighted by atomic mass is 10.1. The predicted molar refractivity (Wildman–Crippen MR) is 104 cm³/mol. The van der Waals surface area contributed by atoms with Crippen molar-refractivity contribution in [2.24, 2.45) is 5.14 Å². The molecular formula is C19H19N3O3S. The van der Waals surface area contributed by atoms with Crippen LogP contribution in [0.3, 0.4) is 0 Å². The van der Waals surface area contributed by atoms with Crippen molar-refractivity contribution in [2.45, 2.75) is 4.90 Å². The summed E-state index contributed by atoms with van der Waals surface area (Å²) < 4.78 is 22.5. The molecule has 134 valence electrons. The molecule has 0 radical (unpaired) electrons. The van der Waals surface area contributed by atoms with Crippen LogP contribution in [0.25, 0.3) is 10.8 Å². The second-order valence-electron chi connectivity index (χ2n) is 6.01. The third-order valence-electron chi connectivity index (χ3n) is 4.02. The fourth-order valence-electron chi connectivity index (χ4n) is 2.65. The summed E-state index contributed by atoms with van der Waals surface area (Å²) in [5.74, 6) is -0.205. The number of amides is 1. The van der Waals surface area contributed by atoms with Gasteiger partial charge in [0.2, 0.25) is 15.9 Å². The van der Waals surface area contributed by atoms with Gasteiger partial charge in [0, 0.05) is 18.4 Å². The van der Waals surface area contributed by atoms with Gasteiger partial charge in [-0.1, -0.05) is 30.3 Å². The summed E-state index contributed by atoms with van der Waals surface area (Å²) in [6.07, 6.45) is 0. The summed E-state index contributed by atoms with van der Waals surface area (Å²) in [5.41, 5.74) is 1.44. The Kier molecular flexibility index (Phi) is 4.92. The number of nitrogens with one attached hydrogen (secondary N) is 1. The first-order chi connectivity index (χ1) is 12.3. The summed E-state index contributed by atoms with van der Waals surface area (Å²) in [6.45, 7) is 0.162. The van der Waals surface area contributed by atoms with Gasteiger partial charge < -0.3 is 10.2 Å². The van der Waals surface area contributed by atoms with Crippen molar-refractivity contribution in [3.63, 3.8) is 0 Å². The van der Waals surface area contributed by atoms with Crippen LogP contribution in [0.2, 0.25) is 0 Å². The van der Waals surface area contributed by atoms with Gasteiger partial charge in [-0.15, -0.1) is 0 Å². The molecule has 1 amide bonds. The number of fused-ring (bicyclic) bond motifs is 1. The van der Waals surface area contributed by atoms with Crippen LogP contribution in [0, 0.1) is 0 Å². The SMILES string of the molecule is CN(CC(=O)Nc1ccc(S(N)(=O)=O)cc1)c1ccc2ccccc2c1. The minimum atomic E-state index is -3.74. The monoisotopic (exact) mass is 369 g/mol. The Hall–Kier alpha value is -2.90.